The molecule has 4 heteroatoms. The van der Waals surface area contributed by atoms with Crippen LogP contribution in [0.4, 0.5) is 0 Å². The van der Waals surface area contributed by atoms with E-state index in [0.29, 0.717) is 18.6 Å². The van der Waals surface area contributed by atoms with Crippen LogP contribution in [0.1, 0.15) is 5.56 Å². The lowest BCUT2D eigenvalue weighted by Crippen LogP contribution is -2.29. The first-order chi connectivity index (χ1) is 9.69. The van der Waals surface area contributed by atoms with Crippen molar-refractivity contribution in [3.63, 3.8) is 0 Å². The summed E-state index contributed by atoms with van der Waals surface area (Å²) < 4.78 is 10.7. The van der Waals surface area contributed by atoms with E-state index in [1.165, 1.54) is 19.3 Å². The van der Waals surface area contributed by atoms with Crippen molar-refractivity contribution in [1.29, 1.82) is 0 Å². The summed E-state index contributed by atoms with van der Waals surface area (Å²) in [4.78, 5) is 23.9. The van der Waals surface area contributed by atoms with Gasteiger partial charge in [0.1, 0.15) is 5.75 Å². The number of carbonyl (C=O) groups is 2. The van der Waals surface area contributed by atoms with E-state index in [-0.39, 0.29) is 23.2 Å². The number of fused-ring (bicyclic) bond motifs is 1. The Balaban J connectivity index is 1.88. The highest BCUT2D eigenvalue weighted by atomic mass is 16.5. The standard InChI is InChI=1S/C16H14O4/c1-19-15-8-12(17)7-13(16(15)18)11-6-10-4-2-3-5-14(10)20-9-11/h2-5,7-8,11H,6,9H2,1H3. The summed E-state index contributed by atoms with van der Waals surface area (Å²) in [6.07, 6.45) is 3.31. The second-order valence-electron chi connectivity index (χ2n) is 4.86. The van der Waals surface area contributed by atoms with Gasteiger partial charge in [-0.3, -0.25) is 9.59 Å². The van der Waals surface area contributed by atoms with Gasteiger partial charge in [0.25, 0.3) is 0 Å². The van der Waals surface area contributed by atoms with Crippen LogP contribution in [0.15, 0.2) is 47.7 Å². The van der Waals surface area contributed by atoms with Crippen LogP contribution in [0.25, 0.3) is 0 Å². The van der Waals surface area contributed by atoms with Crippen molar-refractivity contribution in [3.8, 4) is 5.75 Å². The summed E-state index contributed by atoms with van der Waals surface area (Å²) >= 11 is 0. The Hall–Kier alpha value is -2.36. The molecule has 0 amide bonds. The van der Waals surface area contributed by atoms with E-state index >= 15 is 0 Å². The van der Waals surface area contributed by atoms with Crippen LogP contribution in [0.5, 0.6) is 5.75 Å². The minimum atomic E-state index is -0.222. The number of methoxy groups -OCH3 is 1. The van der Waals surface area contributed by atoms with Gasteiger partial charge in [-0.15, -0.1) is 0 Å². The topological polar surface area (TPSA) is 52.6 Å². The third-order valence-corrected chi connectivity index (χ3v) is 3.60. The molecule has 4 nitrogen and oxygen atoms in total. The van der Waals surface area contributed by atoms with Crippen LogP contribution in [0.3, 0.4) is 0 Å². The van der Waals surface area contributed by atoms with Crippen molar-refractivity contribution in [3.05, 3.63) is 53.3 Å². The number of Topliss-reactive ketones (excluding diaryl/α,β-unsaturated/α-hetero) is 1. The third-order valence-electron chi connectivity index (χ3n) is 3.60. The van der Waals surface area contributed by atoms with Gasteiger partial charge in [0, 0.05) is 17.6 Å². The molecule has 0 fully saturated rings. The minimum absolute atomic E-state index is 0.103. The molecule has 102 valence electrons. The van der Waals surface area contributed by atoms with Crippen molar-refractivity contribution >= 4 is 11.6 Å². The third kappa shape index (κ3) is 2.13. The molecule has 0 radical (unpaired) electrons. The van der Waals surface area contributed by atoms with Gasteiger partial charge in [0.15, 0.2) is 11.5 Å². The van der Waals surface area contributed by atoms with Gasteiger partial charge >= 0.3 is 0 Å². The average molecular weight is 270 g/mol. The molecule has 0 saturated heterocycles. The van der Waals surface area contributed by atoms with Gasteiger partial charge in [0.2, 0.25) is 5.78 Å². The maximum Gasteiger partial charge on any atom is 0.224 e. The van der Waals surface area contributed by atoms with Gasteiger partial charge < -0.3 is 9.47 Å². The molecule has 0 N–H and O–H groups in total. The van der Waals surface area contributed by atoms with Gasteiger partial charge in [-0.1, -0.05) is 18.2 Å². The maximum absolute atomic E-state index is 12.2. The second-order valence-corrected chi connectivity index (χ2v) is 4.86. The van der Waals surface area contributed by atoms with Crippen LogP contribution in [0, 0.1) is 5.92 Å². The van der Waals surface area contributed by atoms with E-state index in [9.17, 15) is 9.59 Å². The van der Waals surface area contributed by atoms with E-state index in [1.807, 2.05) is 24.3 Å². The fourth-order valence-electron chi connectivity index (χ4n) is 2.58. The highest BCUT2D eigenvalue weighted by molar-refractivity contribution is 6.19. The largest absolute Gasteiger partial charge is 0.493 e. The average Bonchev–Trinajstić information content (AvgIpc) is 2.48. The Kier molecular flexibility index (Phi) is 3.14. The number of hydrogen-bond acceptors (Lipinski definition) is 4. The molecular formula is C16H14O4. The minimum Gasteiger partial charge on any atom is -0.493 e. The molecule has 0 spiro atoms. The summed E-state index contributed by atoms with van der Waals surface area (Å²) in [5, 5.41) is 0. The number of hydrogen-bond donors (Lipinski definition) is 0. The van der Waals surface area contributed by atoms with Crippen molar-refractivity contribution in [2.45, 2.75) is 6.42 Å². The molecule has 1 aromatic rings. The molecule has 1 heterocycles. The molecular weight excluding hydrogens is 256 g/mol. The normalized spacial score (nSPS) is 21.6. The number of ketones is 2. The highest BCUT2D eigenvalue weighted by Crippen LogP contribution is 2.32. The van der Waals surface area contributed by atoms with Crippen molar-refractivity contribution < 1.29 is 19.1 Å². The lowest BCUT2D eigenvalue weighted by Gasteiger charge is -2.27. The van der Waals surface area contributed by atoms with E-state index in [1.54, 1.807) is 0 Å². The molecule has 0 bridgehead atoms. The highest BCUT2D eigenvalue weighted by Gasteiger charge is 2.31. The molecule has 1 aromatic carbocycles. The summed E-state index contributed by atoms with van der Waals surface area (Å²) in [6, 6.07) is 7.74. The Morgan fingerprint density at radius 1 is 1.20 bits per heavy atom. The zero-order chi connectivity index (χ0) is 14.1. The first-order valence-electron chi connectivity index (χ1n) is 6.45. The summed E-state index contributed by atoms with van der Waals surface area (Å²) in [6.45, 7) is 0.402. The Labute approximate surface area is 116 Å². The number of allylic oxidation sites excluding steroid dienone is 3. The molecule has 20 heavy (non-hydrogen) atoms. The molecule has 2 aliphatic rings. The molecule has 1 aliphatic heterocycles. The number of ether oxygens (including phenoxy) is 2. The van der Waals surface area contributed by atoms with Crippen LogP contribution in [-0.2, 0) is 20.7 Å². The van der Waals surface area contributed by atoms with E-state index in [4.69, 9.17) is 9.47 Å². The predicted molar refractivity (Wildman–Crippen MR) is 72.3 cm³/mol. The number of benzene rings is 1. The Bertz CT molecular complexity index is 640. The number of para-hydroxylation sites is 1. The summed E-state index contributed by atoms with van der Waals surface area (Å²) in [7, 11) is 1.40. The first-order valence-corrected chi connectivity index (χ1v) is 6.45. The van der Waals surface area contributed by atoms with E-state index in [2.05, 4.69) is 0 Å². The predicted octanol–water partition coefficient (Wildman–Crippen LogP) is 1.85. The fourth-order valence-corrected chi connectivity index (χ4v) is 2.58. The van der Waals surface area contributed by atoms with E-state index in [0.717, 1.165) is 11.3 Å². The van der Waals surface area contributed by atoms with Gasteiger partial charge in [0.05, 0.1) is 13.7 Å². The zero-order valence-electron chi connectivity index (χ0n) is 11.1. The number of rotatable bonds is 2. The van der Waals surface area contributed by atoms with Gasteiger partial charge in [-0.05, 0) is 24.1 Å². The van der Waals surface area contributed by atoms with E-state index < -0.39 is 0 Å². The smallest absolute Gasteiger partial charge is 0.224 e. The van der Waals surface area contributed by atoms with Crippen LogP contribution < -0.4 is 4.74 Å². The van der Waals surface area contributed by atoms with Crippen LogP contribution in [0.2, 0.25) is 0 Å². The Morgan fingerprint density at radius 2 is 2.00 bits per heavy atom. The maximum atomic E-state index is 12.2. The van der Waals surface area contributed by atoms with Crippen LogP contribution >= 0.6 is 0 Å². The monoisotopic (exact) mass is 270 g/mol. The quantitative estimate of drug-likeness (QED) is 0.770. The molecule has 1 unspecified atom stereocenters. The first kappa shape index (κ1) is 12.7. The molecule has 1 aliphatic carbocycles. The van der Waals surface area contributed by atoms with Gasteiger partial charge in [-0.2, -0.15) is 0 Å². The Morgan fingerprint density at radius 3 is 2.80 bits per heavy atom. The van der Waals surface area contributed by atoms with Crippen molar-refractivity contribution in [1.82, 2.24) is 0 Å². The zero-order valence-corrected chi connectivity index (χ0v) is 11.1. The second kappa shape index (κ2) is 4.96. The summed E-state index contributed by atoms with van der Waals surface area (Å²) in [5.74, 6) is 0.406. The lowest BCUT2D eigenvalue weighted by atomic mass is 9.85. The lowest BCUT2D eigenvalue weighted by molar-refractivity contribution is -0.118. The fraction of sp³-hybridized carbons (Fsp3) is 0.250. The SMILES string of the molecule is COC1=CC(=O)C=C(C2COc3ccccc3C2)C1=O. The summed E-state index contributed by atoms with van der Waals surface area (Å²) in [5.41, 5.74) is 1.53. The van der Waals surface area contributed by atoms with Gasteiger partial charge in [-0.25, -0.2) is 0 Å². The van der Waals surface area contributed by atoms with Crippen molar-refractivity contribution in [2.24, 2.45) is 5.92 Å². The van der Waals surface area contributed by atoms with Crippen LogP contribution in [-0.4, -0.2) is 25.3 Å². The van der Waals surface area contributed by atoms with Crippen molar-refractivity contribution in [2.75, 3.05) is 13.7 Å². The number of carbonyl (C=O) groups excluding carboxylic acids is 2. The molecule has 0 aromatic heterocycles. The molecule has 1 atom stereocenters. The molecule has 0 saturated carbocycles. The molecule has 3 rings (SSSR count).